The maximum Gasteiger partial charge on any atom is 0.259 e. The maximum atomic E-state index is 10.1. The molecule has 0 fully saturated rings. The van der Waals surface area contributed by atoms with E-state index in [0.717, 1.165) is 12.1 Å². The van der Waals surface area contributed by atoms with E-state index in [1.54, 1.807) is 0 Å². The van der Waals surface area contributed by atoms with Crippen LogP contribution in [0.1, 0.15) is 30.2 Å². The molecular formula is C8H11NO2. The maximum absolute atomic E-state index is 10.1. The van der Waals surface area contributed by atoms with Crippen molar-refractivity contribution in [1.82, 2.24) is 4.98 Å². The lowest BCUT2D eigenvalue weighted by Crippen LogP contribution is -1.94. The van der Waals surface area contributed by atoms with Gasteiger partial charge in [-0.1, -0.05) is 13.8 Å². The Kier molecular flexibility index (Phi) is 2.41. The van der Waals surface area contributed by atoms with Crippen LogP contribution in [0.3, 0.4) is 0 Å². The summed E-state index contributed by atoms with van der Waals surface area (Å²) in [6, 6.07) is 0. The van der Waals surface area contributed by atoms with Gasteiger partial charge in [-0.25, -0.2) is 4.98 Å². The second-order valence-corrected chi connectivity index (χ2v) is 2.89. The number of aromatic nitrogens is 1. The van der Waals surface area contributed by atoms with Gasteiger partial charge in [0, 0.05) is 0 Å². The molecule has 0 aliphatic rings. The van der Waals surface area contributed by atoms with E-state index in [1.165, 1.54) is 6.26 Å². The third-order valence-electron chi connectivity index (χ3n) is 1.29. The molecule has 0 unspecified atom stereocenters. The van der Waals surface area contributed by atoms with Crippen LogP contribution in [0.2, 0.25) is 0 Å². The van der Waals surface area contributed by atoms with Gasteiger partial charge in [-0.3, -0.25) is 4.79 Å². The predicted molar refractivity (Wildman–Crippen MR) is 40.4 cm³/mol. The summed E-state index contributed by atoms with van der Waals surface area (Å²) in [5, 5.41) is 0. The summed E-state index contributed by atoms with van der Waals surface area (Å²) in [5.41, 5.74) is 0.849. The van der Waals surface area contributed by atoms with Gasteiger partial charge in [0.05, 0.1) is 5.69 Å². The van der Waals surface area contributed by atoms with E-state index in [-0.39, 0.29) is 5.89 Å². The van der Waals surface area contributed by atoms with Gasteiger partial charge in [0.2, 0.25) is 6.29 Å². The Balaban J connectivity index is 2.65. The fraction of sp³-hybridized carbons (Fsp3) is 0.500. The van der Waals surface area contributed by atoms with Crippen molar-refractivity contribution in [2.75, 3.05) is 0 Å². The molecule has 0 aliphatic heterocycles. The number of oxazole rings is 1. The molecule has 0 bridgehead atoms. The van der Waals surface area contributed by atoms with E-state index in [4.69, 9.17) is 4.42 Å². The Morgan fingerprint density at radius 2 is 2.45 bits per heavy atom. The molecule has 0 atom stereocenters. The van der Waals surface area contributed by atoms with Crippen molar-refractivity contribution in [1.29, 1.82) is 0 Å². The number of nitrogens with zero attached hydrogens (tertiary/aromatic N) is 1. The first-order valence-electron chi connectivity index (χ1n) is 3.62. The molecule has 1 aromatic heterocycles. The van der Waals surface area contributed by atoms with Gasteiger partial charge in [-0.2, -0.15) is 0 Å². The highest BCUT2D eigenvalue weighted by Crippen LogP contribution is 2.06. The molecule has 11 heavy (non-hydrogen) atoms. The van der Waals surface area contributed by atoms with Crippen molar-refractivity contribution < 1.29 is 9.21 Å². The molecule has 0 saturated carbocycles. The fourth-order valence-electron chi connectivity index (χ4n) is 0.889. The molecule has 1 heterocycles. The highest BCUT2D eigenvalue weighted by molar-refractivity contribution is 5.67. The number of hydrogen-bond donors (Lipinski definition) is 0. The van der Waals surface area contributed by atoms with Gasteiger partial charge in [0.15, 0.2) is 0 Å². The van der Waals surface area contributed by atoms with Gasteiger partial charge in [0.1, 0.15) is 6.26 Å². The first kappa shape index (κ1) is 7.98. The minimum Gasteiger partial charge on any atom is -0.442 e. The number of rotatable bonds is 3. The molecule has 0 radical (unpaired) electrons. The number of carbonyl (C=O) groups is 1. The fourth-order valence-corrected chi connectivity index (χ4v) is 0.889. The van der Waals surface area contributed by atoms with Crippen molar-refractivity contribution in [3.8, 4) is 0 Å². The van der Waals surface area contributed by atoms with E-state index < -0.39 is 0 Å². The topological polar surface area (TPSA) is 43.1 Å². The summed E-state index contributed by atoms with van der Waals surface area (Å²) < 4.78 is 4.84. The average Bonchev–Trinajstić information content (AvgIpc) is 2.34. The van der Waals surface area contributed by atoms with E-state index in [2.05, 4.69) is 18.8 Å². The molecule has 0 saturated heterocycles. The quantitative estimate of drug-likeness (QED) is 0.620. The summed E-state index contributed by atoms with van der Waals surface area (Å²) in [4.78, 5) is 14.1. The molecule has 0 N–H and O–H groups in total. The largest absolute Gasteiger partial charge is 0.442 e. The lowest BCUT2D eigenvalue weighted by atomic mass is 10.1. The zero-order valence-electron chi connectivity index (χ0n) is 6.70. The molecule has 0 aliphatic carbocycles. The van der Waals surface area contributed by atoms with Crippen molar-refractivity contribution in [2.45, 2.75) is 20.3 Å². The SMILES string of the molecule is CC(C)Cc1coc(C=O)n1. The van der Waals surface area contributed by atoms with Crippen molar-refractivity contribution in [2.24, 2.45) is 5.92 Å². The van der Waals surface area contributed by atoms with Gasteiger partial charge in [-0.05, 0) is 12.3 Å². The summed E-state index contributed by atoms with van der Waals surface area (Å²) in [5.74, 6) is 0.709. The predicted octanol–water partition coefficient (Wildman–Crippen LogP) is 1.69. The Bertz CT molecular complexity index is 240. The molecule has 3 heteroatoms. The Labute approximate surface area is 65.4 Å². The zero-order valence-corrected chi connectivity index (χ0v) is 6.70. The number of carbonyl (C=O) groups excluding carboxylic acids is 1. The van der Waals surface area contributed by atoms with E-state index in [9.17, 15) is 4.79 Å². The molecule has 1 rings (SSSR count). The van der Waals surface area contributed by atoms with Crippen LogP contribution >= 0.6 is 0 Å². The summed E-state index contributed by atoms with van der Waals surface area (Å²) >= 11 is 0. The summed E-state index contributed by atoms with van der Waals surface area (Å²) in [6.45, 7) is 4.19. The summed E-state index contributed by atoms with van der Waals surface area (Å²) in [6.07, 6.45) is 3.00. The van der Waals surface area contributed by atoms with Gasteiger partial charge < -0.3 is 4.42 Å². The third-order valence-corrected chi connectivity index (χ3v) is 1.29. The minimum absolute atomic E-state index is 0.167. The Morgan fingerprint density at radius 1 is 1.73 bits per heavy atom. The Hall–Kier alpha value is -1.12. The van der Waals surface area contributed by atoms with Crippen LogP contribution < -0.4 is 0 Å². The molecular weight excluding hydrogens is 142 g/mol. The molecule has 0 amide bonds. The molecule has 3 nitrogen and oxygen atoms in total. The zero-order chi connectivity index (χ0) is 8.27. The second kappa shape index (κ2) is 3.32. The van der Waals surface area contributed by atoms with E-state index in [0.29, 0.717) is 12.2 Å². The average molecular weight is 153 g/mol. The first-order chi connectivity index (χ1) is 5.22. The molecule has 0 spiro atoms. The van der Waals surface area contributed by atoms with Gasteiger partial charge >= 0.3 is 0 Å². The minimum atomic E-state index is 0.167. The highest BCUT2D eigenvalue weighted by Gasteiger charge is 2.03. The van der Waals surface area contributed by atoms with Crippen LogP contribution in [0.15, 0.2) is 10.7 Å². The normalized spacial score (nSPS) is 10.5. The monoisotopic (exact) mass is 153 g/mol. The molecule has 1 aromatic rings. The van der Waals surface area contributed by atoms with E-state index >= 15 is 0 Å². The first-order valence-corrected chi connectivity index (χ1v) is 3.62. The van der Waals surface area contributed by atoms with E-state index in [1.807, 2.05) is 0 Å². The lowest BCUT2D eigenvalue weighted by molar-refractivity contribution is 0.109. The highest BCUT2D eigenvalue weighted by atomic mass is 16.3. The van der Waals surface area contributed by atoms with Crippen LogP contribution in [-0.4, -0.2) is 11.3 Å². The van der Waals surface area contributed by atoms with Crippen LogP contribution in [-0.2, 0) is 6.42 Å². The standard InChI is InChI=1S/C8H11NO2/c1-6(2)3-7-5-11-8(4-10)9-7/h4-6H,3H2,1-2H3. The lowest BCUT2D eigenvalue weighted by Gasteiger charge is -1.96. The van der Waals surface area contributed by atoms with Crippen molar-refractivity contribution in [3.63, 3.8) is 0 Å². The van der Waals surface area contributed by atoms with Crippen molar-refractivity contribution in [3.05, 3.63) is 17.8 Å². The number of aldehydes is 1. The van der Waals surface area contributed by atoms with Crippen LogP contribution in [0.5, 0.6) is 0 Å². The van der Waals surface area contributed by atoms with Crippen LogP contribution in [0, 0.1) is 5.92 Å². The summed E-state index contributed by atoms with van der Waals surface area (Å²) in [7, 11) is 0. The molecule has 60 valence electrons. The second-order valence-electron chi connectivity index (χ2n) is 2.89. The van der Waals surface area contributed by atoms with Gasteiger partial charge in [-0.15, -0.1) is 0 Å². The van der Waals surface area contributed by atoms with Crippen LogP contribution in [0.25, 0.3) is 0 Å². The van der Waals surface area contributed by atoms with Crippen molar-refractivity contribution >= 4 is 6.29 Å². The smallest absolute Gasteiger partial charge is 0.259 e. The third kappa shape index (κ3) is 2.18. The Morgan fingerprint density at radius 3 is 2.91 bits per heavy atom. The van der Waals surface area contributed by atoms with Crippen LogP contribution in [0.4, 0.5) is 0 Å². The number of hydrogen-bond acceptors (Lipinski definition) is 3. The molecule has 0 aromatic carbocycles. The van der Waals surface area contributed by atoms with Gasteiger partial charge in [0.25, 0.3) is 5.89 Å².